The SMILES string of the molecule is CC(=O)COC1CCC(C(=O)c2ccccc2)CC1. The molecule has 1 aromatic carbocycles. The van der Waals surface area contributed by atoms with Gasteiger partial charge in [0.25, 0.3) is 0 Å². The van der Waals surface area contributed by atoms with Crippen molar-refractivity contribution in [3.63, 3.8) is 0 Å². The van der Waals surface area contributed by atoms with E-state index in [-0.39, 0.29) is 30.2 Å². The first-order chi connectivity index (χ1) is 9.16. The van der Waals surface area contributed by atoms with Gasteiger partial charge in [-0.1, -0.05) is 30.3 Å². The molecule has 1 fully saturated rings. The Balaban J connectivity index is 1.83. The molecule has 0 N–H and O–H groups in total. The number of Topliss-reactive ketones (excluding diaryl/α,β-unsaturated/α-hetero) is 2. The fourth-order valence-corrected chi connectivity index (χ4v) is 2.57. The highest BCUT2D eigenvalue weighted by Crippen LogP contribution is 2.28. The van der Waals surface area contributed by atoms with E-state index in [4.69, 9.17) is 4.74 Å². The van der Waals surface area contributed by atoms with Crippen LogP contribution in [0.5, 0.6) is 0 Å². The lowest BCUT2D eigenvalue weighted by atomic mass is 9.82. The minimum absolute atomic E-state index is 0.0579. The molecule has 0 aromatic heterocycles. The Labute approximate surface area is 114 Å². The van der Waals surface area contributed by atoms with Crippen LogP contribution in [0.1, 0.15) is 43.0 Å². The molecule has 0 saturated heterocycles. The average molecular weight is 260 g/mol. The zero-order valence-corrected chi connectivity index (χ0v) is 11.3. The number of rotatable bonds is 5. The molecule has 1 aliphatic carbocycles. The summed E-state index contributed by atoms with van der Waals surface area (Å²) in [6, 6.07) is 9.47. The third-order valence-electron chi connectivity index (χ3n) is 3.63. The quantitative estimate of drug-likeness (QED) is 0.764. The second-order valence-corrected chi connectivity index (χ2v) is 5.22. The van der Waals surface area contributed by atoms with Crippen molar-refractivity contribution in [2.24, 2.45) is 5.92 Å². The van der Waals surface area contributed by atoms with Crippen molar-refractivity contribution in [3.8, 4) is 0 Å². The molecule has 0 unspecified atom stereocenters. The first kappa shape index (κ1) is 13.9. The summed E-state index contributed by atoms with van der Waals surface area (Å²) in [6.45, 7) is 1.73. The van der Waals surface area contributed by atoms with E-state index in [9.17, 15) is 9.59 Å². The number of ketones is 2. The van der Waals surface area contributed by atoms with Gasteiger partial charge in [-0.2, -0.15) is 0 Å². The van der Waals surface area contributed by atoms with Gasteiger partial charge in [0, 0.05) is 11.5 Å². The molecule has 0 spiro atoms. The summed E-state index contributed by atoms with van der Waals surface area (Å²) >= 11 is 0. The Bertz CT molecular complexity index is 431. The lowest BCUT2D eigenvalue weighted by Crippen LogP contribution is -2.27. The molecule has 3 nitrogen and oxygen atoms in total. The molecule has 0 amide bonds. The molecule has 102 valence electrons. The second kappa shape index (κ2) is 6.62. The fraction of sp³-hybridized carbons (Fsp3) is 0.500. The topological polar surface area (TPSA) is 43.4 Å². The van der Waals surface area contributed by atoms with Crippen LogP contribution in [0.3, 0.4) is 0 Å². The highest BCUT2D eigenvalue weighted by molar-refractivity contribution is 5.97. The maximum atomic E-state index is 12.3. The van der Waals surface area contributed by atoms with Crippen LogP contribution in [0.15, 0.2) is 30.3 Å². The maximum absolute atomic E-state index is 12.3. The van der Waals surface area contributed by atoms with E-state index in [2.05, 4.69) is 0 Å². The van der Waals surface area contributed by atoms with Crippen LogP contribution < -0.4 is 0 Å². The summed E-state index contributed by atoms with van der Waals surface area (Å²) in [5.41, 5.74) is 0.801. The monoisotopic (exact) mass is 260 g/mol. The van der Waals surface area contributed by atoms with Crippen LogP contribution in [0, 0.1) is 5.92 Å². The second-order valence-electron chi connectivity index (χ2n) is 5.22. The number of carbonyl (C=O) groups excluding carboxylic acids is 2. The first-order valence-corrected chi connectivity index (χ1v) is 6.87. The van der Waals surface area contributed by atoms with E-state index < -0.39 is 0 Å². The summed E-state index contributed by atoms with van der Waals surface area (Å²) in [7, 11) is 0. The van der Waals surface area contributed by atoms with Crippen LogP contribution in [-0.4, -0.2) is 24.3 Å². The van der Waals surface area contributed by atoms with Crippen molar-refractivity contribution >= 4 is 11.6 Å². The lowest BCUT2D eigenvalue weighted by Gasteiger charge is -2.27. The molecule has 19 heavy (non-hydrogen) atoms. The summed E-state index contributed by atoms with van der Waals surface area (Å²) in [4.78, 5) is 23.1. The van der Waals surface area contributed by atoms with Gasteiger partial charge in [-0.25, -0.2) is 0 Å². The predicted molar refractivity (Wildman–Crippen MR) is 73.2 cm³/mol. The molecular formula is C16H20O3. The van der Waals surface area contributed by atoms with Gasteiger partial charge in [-0.3, -0.25) is 9.59 Å². The van der Waals surface area contributed by atoms with Crippen molar-refractivity contribution in [2.45, 2.75) is 38.7 Å². The van der Waals surface area contributed by atoms with Gasteiger partial charge in [-0.15, -0.1) is 0 Å². The molecule has 2 rings (SSSR count). The van der Waals surface area contributed by atoms with Gasteiger partial charge in [0.2, 0.25) is 0 Å². The third kappa shape index (κ3) is 4.00. The summed E-state index contributed by atoms with van der Waals surface area (Å²) < 4.78 is 5.52. The molecule has 0 heterocycles. The summed E-state index contributed by atoms with van der Waals surface area (Å²) in [5, 5.41) is 0. The van der Waals surface area contributed by atoms with Gasteiger partial charge < -0.3 is 4.74 Å². The Hall–Kier alpha value is -1.48. The highest BCUT2D eigenvalue weighted by Gasteiger charge is 2.27. The van der Waals surface area contributed by atoms with Gasteiger partial charge >= 0.3 is 0 Å². The van der Waals surface area contributed by atoms with Crippen LogP contribution >= 0.6 is 0 Å². The molecule has 1 aliphatic rings. The Morgan fingerprint density at radius 2 is 1.74 bits per heavy atom. The van der Waals surface area contributed by atoms with E-state index in [0.29, 0.717) is 0 Å². The molecule has 1 aromatic rings. The van der Waals surface area contributed by atoms with Crippen molar-refractivity contribution in [1.82, 2.24) is 0 Å². The highest BCUT2D eigenvalue weighted by atomic mass is 16.5. The van der Waals surface area contributed by atoms with E-state index in [1.165, 1.54) is 6.92 Å². The van der Waals surface area contributed by atoms with Crippen LogP contribution in [0.25, 0.3) is 0 Å². The van der Waals surface area contributed by atoms with E-state index in [0.717, 1.165) is 31.2 Å². The van der Waals surface area contributed by atoms with E-state index in [1.54, 1.807) is 0 Å². The van der Waals surface area contributed by atoms with Crippen LogP contribution in [-0.2, 0) is 9.53 Å². The zero-order valence-electron chi connectivity index (χ0n) is 11.3. The van der Waals surface area contributed by atoms with Crippen molar-refractivity contribution < 1.29 is 14.3 Å². The maximum Gasteiger partial charge on any atom is 0.165 e. The molecule has 0 atom stereocenters. The fourth-order valence-electron chi connectivity index (χ4n) is 2.57. The molecule has 0 bridgehead atoms. The van der Waals surface area contributed by atoms with Crippen molar-refractivity contribution in [1.29, 1.82) is 0 Å². The normalized spacial score (nSPS) is 23.0. The Morgan fingerprint density at radius 1 is 1.11 bits per heavy atom. The standard InChI is InChI=1S/C16H20O3/c1-12(17)11-19-15-9-7-14(8-10-15)16(18)13-5-3-2-4-6-13/h2-6,14-15H,7-11H2,1H3. The Kier molecular flexibility index (Phi) is 4.86. The number of benzene rings is 1. The number of ether oxygens (including phenoxy) is 1. The average Bonchev–Trinajstić information content (AvgIpc) is 2.46. The summed E-state index contributed by atoms with van der Waals surface area (Å²) in [5.74, 6) is 0.410. The number of carbonyl (C=O) groups is 2. The van der Waals surface area contributed by atoms with Crippen molar-refractivity contribution in [3.05, 3.63) is 35.9 Å². The van der Waals surface area contributed by atoms with Crippen molar-refractivity contribution in [2.75, 3.05) is 6.61 Å². The minimum Gasteiger partial charge on any atom is -0.370 e. The molecule has 3 heteroatoms. The van der Waals surface area contributed by atoms with Gasteiger partial charge in [0.05, 0.1) is 6.10 Å². The molecule has 1 saturated carbocycles. The van der Waals surface area contributed by atoms with E-state index >= 15 is 0 Å². The predicted octanol–water partition coefficient (Wildman–Crippen LogP) is 3.03. The third-order valence-corrected chi connectivity index (χ3v) is 3.63. The van der Waals surface area contributed by atoms with Gasteiger partial charge in [0.1, 0.15) is 6.61 Å². The van der Waals surface area contributed by atoms with Crippen LogP contribution in [0.2, 0.25) is 0 Å². The summed E-state index contributed by atoms with van der Waals surface area (Å²) in [6.07, 6.45) is 3.60. The number of hydrogen-bond acceptors (Lipinski definition) is 3. The van der Waals surface area contributed by atoms with E-state index in [1.807, 2.05) is 30.3 Å². The van der Waals surface area contributed by atoms with Gasteiger partial charge in [0.15, 0.2) is 11.6 Å². The minimum atomic E-state index is 0.0579. The molecule has 0 radical (unpaired) electrons. The largest absolute Gasteiger partial charge is 0.370 e. The number of hydrogen-bond donors (Lipinski definition) is 0. The van der Waals surface area contributed by atoms with Gasteiger partial charge in [-0.05, 0) is 32.6 Å². The van der Waals surface area contributed by atoms with Crippen LogP contribution in [0.4, 0.5) is 0 Å². The first-order valence-electron chi connectivity index (χ1n) is 6.87. The molecule has 0 aliphatic heterocycles. The molecular weight excluding hydrogens is 240 g/mol. The zero-order chi connectivity index (χ0) is 13.7. The Morgan fingerprint density at radius 3 is 2.32 bits per heavy atom. The smallest absolute Gasteiger partial charge is 0.165 e. The lowest BCUT2D eigenvalue weighted by molar-refractivity contribution is -0.124.